The molecule has 0 aliphatic heterocycles. The molecule has 1 aromatic heterocycles. The summed E-state index contributed by atoms with van der Waals surface area (Å²) in [4.78, 5) is 20.9. The van der Waals surface area contributed by atoms with E-state index in [1.165, 1.54) is 41.7 Å². The first-order chi connectivity index (χ1) is 18.5. The fourth-order valence-electron chi connectivity index (χ4n) is 5.12. The number of nitrogens with two attached hydrogens (primary N) is 1. The average Bonchev–Trinajstić information content (AvgIpc) is 3.67. The summed E-state index contributed by atoms with van der Waals surface area (Å²) < 4.78 is 14.2. The van der Waals surface area contributed by atoms with Crippen molar-refractivity contribution >= 4 is 23.5 Å². The fourth-order valence-corrected chi connectivity index (χ4v) is 5.42. The van der Waals surface area contributed by atoms with Crippen LogP contribution in [0, 0.1) is 11.7 Å². The third kappa shape index (κ3) is 6.17. The minimum atomic E-state index is -0.229. The van der Waals surface area contributed by atoms with Crippen molar-refractivity contribution in [2.45, 2.75) is 49.5 Å². The van der Waals surface area contributed by atoms with Gasteiger partial charge in [-0.2, -0.15) is 0 Å². The van der Waals surface area contributed by atoms with Gasteiger partial charge in [0.1, 0.15) is 11.6 Å². The molecule has 2 unspecified atom stereocenters. The summed E-state index contributed by atoms with van der Waals surface area (Å²) in [5, 5.41) is 5.19. The van der Waals surface area contributed by atoms with Crippen LogP contribution in [0.1, 0.15) is 47.7 Å². The second kappa shape index (κ2) is 12.0. The number of anilines is 1. The molecule has 2 aliphatic rings. The number of imidazole rings is 1. The van der Waals surface area contributed by atoms with E-state index in [9.17, 15) is 9.18 Å². The number of fused-ring (bicyclic) bond motifs is 1. The summed E-state index contributed by atoms with van der Waals surface area (Å²) >= 11 is 1.11. The number of hydrogen-bond donors (Lipinski definition) is 1. The predicted octanol–water partition coefficient (Wildman–Crippen LogP) is 6.43. The van der Waals surface area contributed by atoms with Crippen LogP contribution in [0.15, 0.2) is 90.1 Å². The Morgan fingerprint density at radius 2 is 1.79 bits per heavy atom. The zero-order chi connectivity index (χ0) is 26.5. The van der Waals surface area contributed by atoms with Crippen LogP contribution in [0.25, 0.3) is 0 Å². The number of nitrogens with zero attached hydrogens (tertiary/aromatic N) is 3. The van der Waals surface area contributed by atoms with Crippen molar-refractivity contribution in [1.82, 2.24) is 9.55 Å². The molecule has 0 spiro atoms. The molecule has 2 N–H and O–H groups in total. The average molecular weight is 529 g/mol. The fraction of sp³-hybridized carbons (Fsp3) is 0.290. The van der Waals surface area contributed by atoms with Gasteiger partial charge in [0.15, 0.2) is 0 Å². The van der Waals surface area contributed by atoms with Gasteiger partial charge in [0.05, 0.1) is 6.54 Å². The van der Waals surface area contributed by atoms with Gasteiger partial charge < -0.3 is 9.47 Å². The maximum absolute atomic E-state index is 13.6. The Labute approximate surface area is 228 Å². The van der Waals surface area contributed by atoms with E-state index in [1.807, 2.05) is 28.8 Å². The Balaban J connectivity index is 0.000000278. The Morgan fingerprint density at radius 1 is 1.05 bits per heavy atom. The molecule has 2 aliphatic carbocycles. The molecule has 5 nitrogen and oxygen atoms in total. The first-order valence-corrected chi connectivity index (χ1v) is 14.0. The van der Waals surface area contributed by atoms with Gasteiger partial charge in [-0.25, -0.2) is 9.37 Å². The van der Waals surface area contributed by atoms with Crippen LogP contribution in [-0.2, 0) is 31.2 Å². The zero-order valence-corrected chi connectivity index (χ0v) is 22.4. The van der Waals surface area contributed by atoms with Gasteiger partial charge in [0.25, 0.3) is 0 Å². The topological polar surface area (TPSA) is 64.2 Å². The number of rotatable bonds is 6. The Morgan fingerprint density at radius 3 is 2.47 bits per heavy atom. The van der Waals surface area contributed by atoms with Crippen LogP contribution in [0.4, 0.5) is 10.1 Å². The van der Waals surface area contributed by atoms with Crippen LogP contribution in [0.5, 0.6) is 0 Å². The summed E-state index contributed by atoms with van der Waals surface area (Å²) in [7, 11) is 1.99. The predicted molar refractivity (Wildman–Crippen MR) is 151 cm³/mol. The van der Waals surface area contributed by atoms with Gasteiger partial charge in [0.2, 0.25) is 5.91 Å². The molecule has 7 heteroatoms. The van der Waals surface area contributed by atoms with Gasteiger partial charge in [-0.1, -0.05) is 36.4 Å². The number of aromatic nitrogens is 2. The van der Waals surface area contributed by atoms with Gasteiger partial charge in [-0.3, -0.25) is 9.93 Å². The van der Waals surface area contributed by atoms with Gasteiger partial charge >= 0.3 is 0 Å². The third-order valence-electron chi connectivity index (χ3n) is 7.42. The highest BCUT2D eigenvalue weighted by Crippen LogP contribution is 2.49. The minimum Gasteiger partial charge on any atom is -0.337 e. The Kier molecular flexibility index (Phi) is 8.25. The molecule has 1 fully saturated rings. The first-order valence-electron chi connectivity index (χ1n) is 13.1. The van der Waals surface area contributed by atoms with E-state index in [4.69, 9.17) is 5.14 Å². The van der Waals surface area contributed by atoms with Crippen molar-refractivity contribution < 1.29 is 9.18 Å². The number of amides is 1. The summed E-state index contributed by atoms with van der Waals surface area (Å²) in [6.45, 7) is 0.513. The van der Waals surface area contributed by atoms with Crippen molar-refractivity contribution in [1.29, 1.82) is 0 Å². The lowest BCUT2D eigenvalue weighted by atomic mass is 9.91. The van der Waals surface area contributed by atoms with Gasteiger partial charge in [-0.15, -0.1) is 0 Å². The number of benzene rings is 3. The van der Waals surface area contributed by atoms with Crippen molar-refractivity contribution in [3.05, 3.63) is 114 Å². The standard InChI is InChI=1S/C25H27N3O.C6H6FNS/c1-27-14-13-26-24(27)17-28(21-12-11-18-7-5-6-10-20(18)15-21)25(29)23-16-22(23)19-8-3-2-4-9-19;7-5-1-3-6(9-8)4-2-5/h2-4,8-9,11-15,22-23H,5-7,10,16-17H2,1H3;1-4H,8H2. The van der Waals surface area contributed by atoms with Crippen molar-refractivity contribution in [3.8, 4) is 0 Å². The van der Waals surface area contributed by atoms with Crippen LogP contribution < -0.4 is 10.0 Å². The summed E-state index contributed by atoms with van der Waals surface area (Å²) in [6.07, 6.45) is 9.45. The van der Waals surface area contributed by atoms with Crippen LogP contribution in [0.2, 0.25) is 0 Å². The Bertz CT molecular complexity index is 1370. The van der Waals surface area contributed by atoms with E-state index >= 15 is 0 Å². The molecular weight excluding hydrogens is 495 g/mol. The normalized spacial score (nSPS) is 17.7. The SMILES string of the molecule is Cn1ccnc1CN(C(=O)C1CC1c1ccccc1)c1ccc2c(c1)CCCC2.NSc1ccc(F)cc1. The van der Waals surface area contributed by atoms with E-state index in [2.05, 4.69) is 47.4 Å². The zero-order valence-electron chi connectivity index (χ0n) is 21.6. The van der Waals surface area contributed by atoms with E-state index < -0.39 is 0 Å². The summed E-state index contributed by atoms with van der Waals surface area (Å²) in [5.41, 5.74) is 5.13. The largest absolute Gasteiger partial charge is 0.337 e. The second-order valence-corrected chi connectivity index (χ2v) is 10.7. The molecule has 6 rings (SSSR count). The van der Waals surface area contributed by atoms with Crippen molar-refractivity contribution in [2.24, 2.45) is 18.1 Å². The second-order valence-electron chi connectivity index (χ2n) is 9.97. The lowest BCUT2D eigenvalue weighted by Gasteiger charge is -2.25. The van der Waals surface area contributed by atoms with E-state index in [0.29, 0.717) is 12.5 Å². The lowest BCUT2D eigenvalue weighted by molar-refractivity contribution is -0.120. The molecule has 1 heterocycles. The molecule has 0 bridgehead atoms. The maximum Gasteiger partial charge on any atom is 0.231 e. The number of aryl methyl sites for hydroxylation is 3. The highest BCUT2D eigenvalue weighted by atomic mass is 32.2. The first kappa shape index (κ1) is 26.2. The van der Waals surface area contributed by atoms with E-state index in [0.717, 1.165) is 47.6 Å². The third-order valence-corrected chi connectivity index (χ3v) is 7.96. The summed E-state index contributed by atoms with van der Waals surface area (Å²) in [6, 6.07) is 23.1. The summed E-state index contributed by atoms with van der Waals surface area (Å²) in [5.74, 6) is 1.30. The monoisotopic (exact) mass is 528 g/mol. The highest BCUT2D eigenvalue weighted by Gasteiger charge is 2.46. The number of carbonyl (C=O) groups is 1. The Hall–Kier alpha value is -3.42. The smallest absolute Gasteiger partial charge is 0.231 e. The van der Waals surface area contributed by atoms with Gasteiger partial charge in [-0.05, 0) is 103 Å². The molecule has 0 radical (unpaired) electrons. The number of hydrogen-bond acceptors (Lipinski definition) is 4. The quantitative estimate of drug-likeness (QED) is 0.293. The van der Waals surface area contributed by atoms with E-state index in [-0.39, 0.29) is 17.6 Å². The van der Waals surface area contributed by atoms with Gasteiger partial charge in [0, 0.05) is 35.9 Å². The molecule has 1 saturated carbocycles. The minimum absolute atomic E-state index is 0.0636. The van der Waals surface area contributed by atoms with Crippen LogP contribution >= 0.6 is 11.9 Å². The van der Waals surface area contributed by atoms with Crippen LogP contribution in [-0.4, -0.2) is 15.5 Å². The van der Waals surface area contributed by atoms with Crippen LogP contribution in [0.3, 0.4) is 0 Å². The molecular formula is C31H33FN4OS. The lowest BCUT2D eigenvalue weighted by Crippen LogP contribution is -2.33. The molecule has 3 aromatic carbocycles. The highest BCUT2D eigenvalue weighted by molar-refractivity contribution is 7.97. The van der Waals surface area contributed by atoms with Crippen molar-refractivity contribution in [2.75, 3.05) is 4.90 Å². The molecule has 1 amide bonds. The molecule has 38 heavy (non-hydrogen) atoms. The maximum atomic E-state index is 13.6. The molecule has 2 atom stereocenters. The van der Waals surface area contributed by atoms with Crippen molar-refractivity contribution in [3.63, 3.8) is 0 Å². The molecule has 0 saturated heterocycles. The number of carbonyl (C=O) groups excluding carboxylic acids is 1. The molecule has 4 aromatic rings. The number of halogens is 1. The molecule has 196 valence electrons. The van der Waals surface area contributed by atoms with E-state index in [1.54, 1.807) is 18.3 Å².